The molecule has 0 atom stereocenters. The van der Waals surface area contributed by atoms with Crippen LogP contribution in [0.5, 0.6) is 0 Å². The summed E-state index contributed by atoms with van der Waals surface area (Å²) in [6.45, 7) is 7.51. The van der Waals surface area contributed by atoms with Crippen molar-refractivity contribution in [1.29, 1.82) is 0 Å². The first-order valence-electron chi connectivity index (χ1n) is 5.55. The Balaban J connectivity index is 2.02. The Morgan fingerprint density at radius 2 is 1.85 bits per heavy atom. The van der Waals surface area contributed by atoms with Gasteiger partial charge in [-0.1, -0.05) is 20.8 Å². The maximum atomic E-state index is 5.42. The molecule has 0 amide bonds. The van der Waals surface area contributed by atoms with E-state index in [9.17, 15) is 0 Å². The molecule has 0 saturated heterocycles. The molecule has 1 saturated carbocycles. The van der Waals surface area contributed by atoms with Crippen LogP contribution in [-0.2, 0) is 4.84 Å². The van der Waals surface area contributed by atoms with Crippen molar-refractivity contribution in [2.45, 2.75) is 52.5 Å². The zero-order chi connectivity index (χ0) is 9.68. The Labute approximate surface area is 82.0 Å². The maximum absolute atomic E-state index is 5.42. The molecule has 0 aromatic rings. The van der Waals surface area contributed by atoms with Crippen LogP contribution >= 0.6 is 0 Å². The minimum Gasteiger partial charge on any atom is -0.301 e. The van der Waals surface area contributed by atoms with Crippen molar-refractivity contribution in [1.82, 2.24) is 5.48 Å². The SMILES string of the molecule is CC(C)CONC1CCC(C)CC1. The Bertz CT molecular complexity index is 128. The van der Waals surface area contributed by atoms with Gasteiger partial charge in [0.15, 0.2) is 0 Å². The average Bonchev–Trinajstić information content (AvgIpc) is 2.08. The lowest BCUT2D eigenvalue weighted by Crippen LogP contribution is -2.33. The van der Waals surface area contributed by atoms with Crippen molar-refractivity contribution >= 4 is 0 Å². The van der Waals surface area contributed by atoms with E-state index >= 15 is 0 Å². The van der Waals surface area contributed by atoms with E-state index in [-0.39, 0.29) is 0 Å². The molecule has 0 aliphatic heterocycles. The molecule has 0 unspecified atom stereocenters. The van der Waals surface area contributed by atoms with Crippen molar-refractivity contribution in [3.63, 3.8) is 0 Å². The molecule has 13 heavy (non-hydrogen) atoms. The largest absolute Gasteiger partial charge is 0.301 e. The van der Waals surface area contributed by atoms with Gasteiger partial charge >= 0.3 is 0 Å². The topological polar surface area (TPSA) is 21.3 Å². The van der Waals surface area contributed by atoms with Gasteiger partial charge in [0, 0.05) is 6.04 Å². The minimum absolute atomic E-state index is 0.606. The van der Waals surface area contributed by atoms with Crippen LogP contribution in [0.2, 0.25) is 0 Å². The highest BCUT2D eigenvalue weighted by Crippen LogP contribution is 2.23. The fourth-order valence-corrected chi connectivity index (χ4v) is 1.71. The first-order valence-corrected chi connectivity index (χ1v) is 5.55. The predicted octanol–water partition coefficient (Wildman–Crippen LogP) is 2.74. The molecule has 1 rings (SSSR count). The fourth-order valence-electron chi connectivity index (χ4n) is 1.71. The Morgan fingerprint density at radius 1 is 1.23 bits per heavy atom. The summed E-state index contributed by atoms with van der Waals surface area (Å²) >= 11 is 0. The number of hydrogen-bond acceptors (Lipinski definition) is 2. The highest BCUT2D eigenvalue weighted by molar-refractivity contribution is 4.72. The van der Waals surface area contributed by atoms with Gasteiger partial charge < -0.3 is 4.84 Å². The molecule has 2 heteroatoms. The monoisotopic (exact) mass is 185 g/mol. The van der Waals surface area contributed by atoms with E-state index < -0.39 is 0 Å². The summed E-state index contributed by atoms with van der Waals surface area (Å²) in [5.74, 6) is 1.54. The Morgan fingerprint density at radius 3 is 2.38 bits per heavy atom. The summed E-state index contributed by atoms with van der Waals surface area (Å²) in [7, 11) is 0. The zero-order valence-electron chi connectivity index (χ0n) is 9.18. The second-order valence-corrected chi connectivity index (χ2v) is 4.78. The van der Waals surface area contributed by atoms with E-state index in [0.717, 1.165) is 12.5 Å². The standard InChI is InChI=1S/C11H23NO/c1-9(2)8-13-12-11-6-4-10(3)5-7-11/h9-12H,4-8H2,1-3H3. The van der Waals surface area contributed by atoms with Gasteiger partial charge in [0.1, 0.15) is 0 Å². The predicted molar refractivity (Wildman–Crippen MR) is 55.3 cm³/mol. The van der Waals surface area contributed by atoms with Gasteiger partial charge in [-0.3, -0.25) is 0 Å². The van der Waals surface area contributed by atoms with Crippen molar-refractivity contribution in [2.24, 2.45) is 11.8 Å². The van der Waals surface area contributed by atoms with Crippen LogP contribution in [-0.4, -0.2) is 12.6 Å². The lowest BCUT2D eigenvalue weighted by Gasteiger charge is -2.26. The van der Waals surface area contributed by atoms with Crippen LogP contribution in [0.3, 0.4) is 0 Å². The van der Waals surface area contributed by atoms with Gasteiger partial charge in [-0.05, 0) is 37.5 Å². The van der Waals surface area contributed by atoms with E-state index in [0.29, 0.717) is 12.0 Å². The highest BCUT2D eigenvalue weighted by Gasteiger charge is 2.17. The Kier molecular flexibility index (Phi) is 4.74. The lowest BCUT2D eigenvalue weighted by molar-refractivity contribution is -0.00950. The van der Waals surface area contributed by atoms with Crippen molar-refractivity contribution in [3.8, 4) is 0 Å². The maximum Gasteiger partial charge on any atom is 0.0705 e. The van der Waals surface area contributed by atoms with Crippen LogP contribution < -0.4 is 5.48 Å². The summed E-state index contributed by atoms with van der Waals surface area (Å²) in [5.41, 5.74) is 3.17. The fraction of sp³-hybridized carbons (Fsp3) is 1.00. The van der Waals surface area contributed by atoms with Crippen molar-refractivity contribution in [3.05, 3.63) is 0 Å². The molecule has 0 aromatic heterocycles. The third-order valence-corrected chi connectivity index (χ3v) is 2.68. The molecular weight excluding hydrogens is 162 g/mol. The van der Waals surface area contributed by atoms with E-state index in [1.165, 1.54) is 25.7 Å². The molecule has 2 nitrogen and oxygen atoms in total. The second-order valence-electron chi connectivity index (χ2n) is 4.78. The van der Waals surface area contributed by atoms with Crippen molar-refractivity contribution in [2.75, 3.05) is 6.61 Å². The van der Waals surface area contributed by atoms with Crippen LogP contribution in [0, 0.1) is 11.8 Å². The second kappa shape index (κ2) is 5.61. The molecule has 78 valence electrons. The summed E-state index contributed by atoms with van der Waals surface area (Å²) in [5, 5.41) is 0. The van der Waals surface area contributed by atoms with E-state index in [1.54, 1.807) is 0 Å². The molecule has 1 aliphatic rings. The molecule has 0 spiro atoms. The molecule has 1 fully saturated rings. The van der Waals surface area contributed by atoms with Crippen LogP contribution in [0.15, 0.2) is 0 Å². The van der Waals surface area contributed by atoms with Crippen LogP contribution in [0.1, 0.15) is 46.5 Å². The van der Waals surface area contributed by atoms with Gasteiger partial charge in [-0.2, -0.15) is 5.48 Å². The number of hydroxylamine groups is 1. The van der Waals surface area contributed by atoms with Gasteiger partial charge in [-0.25, -0.2) is 0 Å². The molecule has 0 heterocycles. The highest BCUT2D eigenvalue weighted by atomic mass is 16.6. The Hall–Kier alpha value is -0.0800. The van der Waals surface area contributed by atoms with Gasteiger partial charge in [-0.15, -0.1) is 0 Å². The third-order valence-electron chi connectivity index (χ3n) is 2.68. The molecule has 0 aromatic carbocycles. The van der Waals surface area contributed by atoms with Gasteiger partial charge in [0.25, 0.3) is 0 Å². The zero-order valence-corrected chi connectivity index (χ0v) is 9.18. The third kappa shape index (κ3) is 4.63. The summed E-state index contributed by atoms with van der Waals surface area (Å²) < 4.78 is 0. The molecule has 1 N–H and O–H groups in total. The smallest absolute Gasteiger partial charge is 0.0705 e. The average molecular weight is 185 g/mol. The van der Waals surface area contributed by atoms with Gasteiger partial charge in [0.05, 0.1) is 6.61 Å². The number of nitrogens with one attached hydrogen (secondary N) is 1. The molecular formula is C11H23NO. The van der Waals surface area contributed by atoms with Gasteiger partial charge in [0.2, 0.25) is 0 Å². The first-order chi connectivity index (χ1) is 6.18. The first kappa shape index (κ1) is 11.0. The summed E-state index contributed by atoms with van der Waals surface area (Å²) in [6, 6.07) is 0.606. The van der Waals surface area contributed by atoms with Crippen LogP contribution in [0.25, 0.3) is 0 Å². The van der Waals surface area contributed by atoms with Crippen LogP contribution in [0.4, 0.5) is 0 Å². The summed E-state index contributed by atoms with van der Waals surface area (Å²) in [4.78, 5) is 5.42. The van der Waals surface area contributed by atoms with E-state index in [1.807, 2.05) is 0 Å². The normalized spacial score (nSPS) is 29.5. The number of hydrogen-bond donors (Lipinski definition) is 1. The lowest BCUT2D eigenvalue weighted by atomic mass is 9.88. The van der Waals surface area contributed by atoms with E-state index in [2.05, 4.69) is 26.3 Å². The molecule has 1 aliphatic carbocycles. The van der Waals surface area contributed by atoms with Crippen molar-refractivity contribution < 1.29 is 4.84 Å². The molecule has 0 radical (unpaired) electrons. The summed E-state index contributed by atoms with van der Waals surface area (Å²) in [6.07, 6.45) is 5.25. The minimum atomic E-state index is 0.606. The van der Waals surface area contributed by atoms with E-state index in [4.69, 9.17) is 4.84 Å². The number of rotatable bonds is 4. The quantitative estimate of drug-likeness (QED) is 0.680. The molecule has 0 bridgehead atoms.